The van der Waals surface area contributed by atoms with Gasteiger partial charge in [-0.2, -0.15) is 26.3 Å². The molecule has 1 atom stereocenters. The van der Waals surface area contributed by atoms with E-state index in [2.05, 4.69) is 15.9 Å². The van der Waals surface area contributed by atoms with Crippen molar-refractivity contribution in [3.63, 3.8) is 0 Å². The van der Waals surface area contributed by atoms with E-state index in [0.29, 0.717) is 13.0 Å². The molecule has 120 valence electrons. The van der Waals surface area contributed by atoms with Gasteiger partial charge < -0.3 is 4.74 Å². The molecular weight excluding hydrogens is 366 g/mol. The van der Waals surface area contributed by atoms with Crippen LogP contribution in [0.5, 0.6) is 0 Å². The molecular formula is C13H13BrF6O. The van der Waals surface area contributed by atoms with Gasteiger partial charge in [0, 0.05) is 7.11 Å². The fraction of sp³-hybridized carbons (Fsp3) is 0.538. The molecule has 1 rings (SSSR count). The Bertz CT molecular complexity index is 425. The molecule has 1 aromatic rings. The quantitative estimate of drug-likeness (QED) is 0.514. The molecule has 1 unspecified atom stereocenters. The van der Waals surface area contributed by atoms with E-state index in [-0.39, 0.29) is 5.56 Å². The van der Waals surface area contributed by atoms with Crippen LogP contribution < -0.4 is 0 Å². The van der Waals surface area contributed by atoms with E-state index in [4.69, 9.17) is 4.74 Å². The molecule has 1 aromatic carbocycles. The van der Waals surface area contributed by atoms with Crippen LogP contribution in [0.2, 0.25) is 0 Å². The fourth-order valence-electron chi connectivity index (χ4n) is 1.80. The van der Waals surface area contributed by atoms with Crippen LogP contribution in [0.4, 0.5) is 26.3 Å². The van der Waals surface area contributed by atoms with Gasteiger partial charge in [-0.25, -0.2) is 0 Å². The van der Waals surface area contributed by atoms with Crippen LogP contribution in [-0.4, -0.2) is 26.1 Å². The molecule has 0 aliphatic heterocycles. The second kappa shape index (κ2) is 7.00. The average Bonchev–Trinajstić information content (AvgIpc) is 2.33. The van der Waals surface area contributed by atoms with Gasteiger partial charge in [-0.3, -0.25) is 0 Å². The van der Waals surface area contributed by atoms with E-state index in [0.717, 1.165) is 5.56 Å². The Balaban J connectivity index is 2.97. The number of hydrogen-bond acceptors (Lipinski definition) is 1. The summed E-state index contributed by atoms with van der Waals surface area (Å²) in [4.78, 5) is -1.88. The number of ether oxygens (including phenoxy) is 1. The van der Waals surface area contributed by atoms with Gasteiger partial charge in [0.15, 0.2) is 5.92 Å². The van der Waals surface area contributed by atoms with Gasteiger partial charge >= 0.3 is 12.4 Å². The predicted octanol–water partition coefficient (Wildman–Crippen LogP) is 5.05. The summed E-state index contributed by atoms with van der Waals surface area (Å²) in [6.07, 6.45) is -10.2. The summed E-state index contributed by atoms with van der Waals surface area (Å²) < 4.78 is 80.6. The van der Waals surface area contributed by atoms with Crippen molar-refractivity contribution in [3.05, 3.63) is 35.4 Å². The summed E-state index contributed by atoms with van der Waals surface area (Å²) in [5, 5.41) is 0. The first-order valence-electron chi connectivity index (χ1n) is 5.92. The summed E-state index contributed by atoms with van der Waals surface area (Å²) in [7, 11) is 1.50. The Hall–Kier alpha value is -0.760. The first kappa shape index (κ1) is 18.3. The van der Waals surface area contributed by atoms with Crippen molar-refractivity contribution < 1.29 is 31.1 Å². The molecule has 0 heterocycles. The number of halogens is 7. The average molecular weight is 379 g/mol. The number of benzene rings is 1. The summed E-state index contributed by atoms with van der Waals surface area (Å²) in [6, 6.07) is 5.50. The Kier molecular flexibility index (Phi) is 6.10. The molecule has 0 aliphatic carbocycles. The largest absolute Gasteiger partial charge is 0.401 e. The Morgan fingerprint density at radius 3 is 1.86 bits per heavy atom. The Labute approximate surface area is 126 Å². The van der Waals surface area contributed by atoms with Crippen molar-refractivity contribution in [2.75, 3.05) is 13.7 Å². The van der Waals surface area contributed by atoms with Gasteiger partial charge in [-0.1, -0.05) is 40.2 Å². The van der Waals surface area contributed by atoms with E-state index in [9.17, 15) is 26.3 Å². The molecule has 0 aliphatic rings. The highest BCUT2D eigenvalue weighted by molar-refractivity contribution is 9.09. The summed E-state index contributed by atoms with van der Waals surface area (Å²) >= 11 is 2.54. The van der Waals surface area contributed by atoms with E-state index < -0.39 is 23.1 Å². The maximum Gasteiger partial charge on any atom is 0.401 e. The second-order valence-electron chi connectivity index (χ2n) is 4.45. The molecule has 0 spiro atoms. The van der Waals surface area contributed by atoms with Gasteiger partial charge in [-0.15, -0.1) is 0 Å². The van der Waals surface area contributed by atoms with Gasteiger partial charge in [0.25, 0.3) is 0 Å². The first-order chi connectivity index (χ1) is 9.57. The summed E-state index contributed by atoms with van der Waals surface area (Å²) in [5.74, 6) is -3.45. The number of alkyl halides is 7. The maximum atomic E-state index is 12.6. The smallest absolute Gasteiger partial charge is 0.384 e. The lowest BCUT2D eigenvalue weighted by Crippen LogP contribution is -2.39. The molecule has 0 radical (unpaired) electrons. The lowest BCUT2D eigenvalue weighted by Gasteiger charge is -2.27. The van der Waals surface area contributed by atoms with Crippen LogP contribution in [0, 0.1) is 5.92 Å². The summed E-state index contributed by atoms with van der Waals surface area (Å²) in [6.45, 7) is 0.421. The third kappa shape index (κ3) is 5.18. The first-order valence-corrected chi connectivity index (χ1v) is 6.84. The zero-order chi connectivity index (χ0) is 16.3. The van der Waals surface area contributed by atoms with E-state index in [1.165, 1.54) is 31.4 Å². The summed E-state index contributed by atoms with van der Waals surface area (Å²) in [5.41, 5.74) is 0.701. The van der Waals surface area contributed by atoms with Gasteiger partial charge in [0.1, 0.15) is 0 Å². The highest BCUT2D eigenvalue weighted by Gasteiger charge is 2.59. The van der Waals surface area contributed by atoms with Crippen LogP contribution in [0.3, 0.4) is 0 Å². The minimum Gasteiger partial charge on any atom is -0.384 e. The molecule has 0 bridgehead atoms. The molecule has 0 N–H and O–H groups in total. The van der Waals surface area contributed by atoms with Crippen molar-refractivity contribution >= 4 is 15.9 Å². The SMILES string of the molecule is COCCc1ccc(C(Br)C(C(F)(F)F)C(F)(F)F)cc1. The van der Waals surface area contributed by atoms with Crippen LogP contribution in [0.25, 0.3) is 0 Å². The molecule has 0 fully saturated rings. The van der Waals surface area contributed by atoms with Crippen LogP contribution >= 0.6 is 15.9 Å². The fourth-order valence-corrected chi connectivity index (χ4v) is 2.70. The number of methoxy groups -OCH3 is 1. The monoisotopic (exact) mass is 378 g/mol. The van der Waals surface area contributed by atoms with Crippen molar-refractivity contribution in [2.24, 2.45) is 5.92 Å². The third-order valence-corrected chi connectivity index (χ3v) is 3.95. The van der Waals surface area contributed by atoms with Crippen LogP contribution in [0.15, 0.2) is 24.3 Å². The van der Waals surface area contributed by atoms with Crippen LogP contribution in [0.1, 0.15) is 16.0 Å². The topological polar surface area (TPSA) is 9.23 Å². The van der Waals surface area contributed by atoms with E-state index in [1.807, 2.05) is 0 Å². The number of rotatable bonds is 5. The predicted molar refractivity (Wildman–Crippen MR) is 69.3 cm³/mol. The van der Waals surface area contributed by atoms with Crippen LogP contribution in [-0.2, 0) is 11.2 Å². The molecule has 0 saturated carbocycles. The lowest BCUT2D eigenvalue weighted by atomic mass is 9.97. The van der Waals surface area contributed by atoms with E-state index >= 15 is 0 Å². The second-order valence-corrected chi connectivity index (χ2v) is 5.43. The minimum absolute atomic E-state index is 0.0733. The molecule has 8 heteroatoms. The molecule has 0 saturated heterocycles. The van der Waals surface area contributed by atoms with Gasteiger partial charge in [0.05, 0.1) is 11.4 Å². The highest BCUT2D eigenvalue weighted by atomic mass is 79.9. The molecule has 0 aromatic heterocycles. The number of hydrogen-bond donors (Lipinski definition) is 0. The standard InChI is InChI=1S/C13H13BrF6O/c1-21-7-6-8-2-4-9(5-3-8)10(14)11(12(15,16)17)13(18,19)20/h2-5,10-11H,6-7H2,1H3. The minimum atomic E-state index is -5.37. The van der Waals surface area contributed by atoms with Crippen molar-refractivity contribution in [3.8, 4) is 0 Å². The maximum absolute atomic E-state index is 12.6. The lowest BCUT2D eigenvalue weighted by molar-refractivity contribution is -0.283. The Morgan fingerprint density at radius 1 is 1.00 bits per heavy atom. The molecule has 1 nitrogen and oxygen atoms in total. The third-order valence-electron chi connectivity index (χ3n) is 2.89. The molecule has 0 amide bonds. The Morgan fingerprint density at radius 2 is 1.48 bits per heavy atom. The van der Waals surface area contributed by atoms with Crippen molar-refractivity contribution in [2.45, 2.75) is 23.6 Å². The van der Waals surface area contributed by atoms with Crippen molar-refractivity contribution in [1.82, 2.24) is 0 Å². The van der Waals surface area contributed by atoms with E-state index in [1.54, 1.807) is 0 Å². The van der Waals surface area contributed by atoms with Gasteiger partial charge in [0.2, 0.25) is 0 Å². The van der Waals surface area contributed by atoms with Crippen molar-refractivity contribution in [1.29, 1.82) is 0 Å². The highest BCUT2D eigenvalue weighted by Crippen LogP contribution is 2.49. The zero-order valence-electron chi connectivity index (χ0n) is 10.9. The zero-order valence-corrected chi connectivity index (χ0v) is 12.5. The normalized spacial score (nSPS) is 14.5. The molecule has 21 heavy (non-hydrogen) atoms. The van der Waals surface area contributed by atoms with Gasteiger partial charge in [-0.05, 0) is 17.5 Å².